The number of halogens is 3. The molecule has 27 heavy (non-hydrogen) atoms. The summed E-state index contributed by atoms with van der Waals surface area (Å²) in [4.78, 5) is 19.4. The third-order valence-corrected chi connectivity index (χ3v) is 6.10. The van der Waals surface area contributed by atoms with E-state index < -0.39 is 23.3 Å². The summed E-state index contributed by atoms with van der Waals surface area (Å²) in [6.07, 6.45) is 1.09. The minimum Gasteiger partial charge on any atom is -0.485 e. The highest BCUT2D eigenvalue weighted by molar-refractivity contribution is 9.10. The number of benzene rings is 2. The fraction of sp³-hybridized carbons (Fsp3) is 0.263. The SMILES string of the molecule is CSC1=NC2(CC(c3cccc(F)c3F)Oc3ccc(Br)cc32)C(=O)N1C. The minimum absolute atomic E-state index is 0.0752. The van der Waals surface area contributed by atoms with Gasteiger partial charge in [-0.05, 0) is 30.5 Å². The van der Waals surface area contributed by atoms with Crippen molar-refractivity contribution in [2.75, 3.05) is 13.3 Å². The van der Waals surface area contributed by atoms with Gasteiger partial charge in [-0.25, -0.2) is 13.8 Å². The third kappa shape index (κ3) is 2.77. The number of rotatable bonds is 1. The molecule has 0 radical (unpaired) electrons. The third-order valence-electron chi connectivity index (χ3n) is 4.88. The van der Waals surface area contributed by atoms with E-state index in [2.05, 4.69) is 15.9 Å². The first-order chi connectivity index (χ1) is 12.9. The molecule has 2 unspecified atom stereocenters. The molecule has 0 saturated carbocycles. The Hall–Kier alpha value is -1.93. The fourth-order valence-corrected chi connectivity index (χ4v) is 4.55. The predicted molar refractivity (Wildman–Crippen MR) is 104 cm³/mol. The molecule has 4 rings (SSSR count). The molecule has 0 N–H and O–H groups in total. The van der Waals surface area contributed by atoms with Crippen LogP contribution >= 0.6 is 27.7 Å². The maximum absolute atomic E-state index is 14.4. The lowest BCUT2D eigenvalue weighted by Gasteiger charge is -2.37. The van der Waals surface area contributed by atoms with Crippen molar-refractivity contribution in [2.24, 2.45) is 4.99 Å². The molecule has 2 heterocycles. The van der Waals surface area contributed by atoms with E-state index in [4.69, 9.17) is 9.73 Å². The van der Waals surface area contributed by atoms with Crippen molar-refractivity contribution in [1.82, 2.24) is 4.90 Å². The van der Waals surface area contributed by atoms with Gasteiger partial charge in [-0.15, -0.1) is 0 Å². The molecule has 2 aliphatic heterocycles. The second-order valence-corrected chi connectivity index (χ2v) is 8.11. The van der Waals surface area contributed by atoms with Crippen LogP contribution in [0.1, 0.15) is 23.7 Å². The molecular weight excluding hydrogens is 438 g/mol. The molecule has 140 valence electrons. The van der Waals surface area contributed by atoms with Crippen molar-refractivity contribution >= 4 is 38.8 Å². The summed E-state index contributed by atoms with van der Waals surface area (Å²) in [5.74, 6) is -1.69. The van der Waals surface area contributed by atoms with Gasteiger partial charge < -0.3 is 4.74 Å². The lowest BCUT2D eigenvalue weighted by Crippen LogP contribution is -2.42. The van der Waals surface area contributed by atoms with Crippen LogP contribution < -0.4 is 4.74 Å². The van der Waals surface area contributed by atoms with Crippen molar-refractivity contribution in [3.63, 3.8) is 0 Å². The van der Waals surface area contributed by atoms with Crippen molar-refractivity contribution in [3.05, 3.63) is 63.6 Å². The predicted octanol–water partition coefficient (Wildman–Crippen LogP) is 4.64. The molecule has 2 aromatic carbocycles. The lowest BCUT2D eigenvalue weighted by molar-refractivity contribution is -0.132. The van der Waals surface area contributed by atoms with Gasteiger partial charge in [-0.1, -0.05) is 39.8 Å². The molecule has 2 aliphatic rings. The Labute approximate surface area is 167 Å². The minimum atomic E-state index is -1.23. The number of hydrogen-bond donors (Lipinski definition) is 0. The topological polar surface area (TPSA) is 41.9 Å². The smallest absolute Gasteiger partial charge is 0.261 e. The zero-order chi connectivity index (χ0) is 19.3. The maximum atomic E-state index is 14.4. The number of likely N-dealkylation sites (N-methyl/N-ethyl adjacent to an activating group) is 1. The van der Waals surface area contributed by atoms with Gasteiger partial charge in [0.25, 0.3) is 5.91 Å². The van der Waals surface area contributed by atoms with Gasteiger partial charge in [0.1, 0.15) is 11.9 Å². The number of thioether (sulfide) groups is 1. The quantitative estimate of drug-likeness (QED) is 0.632. The molecule has 0 bridgehead atoms. The van der Waals surface area contributed by atoms with Gasteiger partial charge in [-0.3, -0.25) is 9.69 Å². The van der Waals surface area contributed by atoms with Gasteiger partial charge in [0.05, 0.1) is 0 Å². The summed E-state index contributed by atoms with van der Waals surface area (Å²) < 4.78 is 34.9. The zero-order valence-corrected chi connectivity index (χ0v) is 16.9. The molecule has 8 heteroatoms. The molecule has 0 aliphatic carbocycles. The van der Waals surface area contributed by atoms with Crippen molar-refractivity contribution in [2.45, 2.75) is 18.1 Å². The number of amidine groups is 1. The molecule has 1 spiro atoms. The molecule has 0 aromatic heterocycles. The standard InChI is InChI=1S/C19H15BrF2N2O2S/c1-24-17(25)19(23-18(24)27-2)9-15(11-4-3-5-13(21)16(11)22)26-14-7-6-10(20)8-12(14)19/h3-8,15H,9H2,1-2H3. The van der Waals surface area contributed by atoms with E-state index in [1.807, 2.05) is 6.26 Å². The second-order valence-electron chi connectivity index (χ2n) is 6.42. The van der Waals surface area contributed by atoms with Crippen molar-refractivity contribution in [1.29, 1.82) is 0 Å². The Morgan fingerprint density at radius 1 is 1.33 bits per heavy atom. The highest BCUT2D eigenvalue weighted by Gasteiger charge is 2.54. The monoisotopic (exact) mass is 452 g/mol. The fourth-order valence-electron chi connectivity index (χ4n) is 3.59. The normalized spacial score (nSPS) is 24.0. The number of carbonyl (C=O) groups is 1. The Morgan fingerprint density at radius 3 is 2.81 bits per heavy atom. The summed E-state index contributed by atoms with van der Waals surface area (Å²) in [6.45, 7) is 0. The van der Waals surface area contributed by atoms with Crippen LogP contribution in [0, 0.1) is 11.6 Å². The van der Waals surface area contributed by atoms with E-state index in [1.54, 1.807) is 25.2 Å². The summed E-state index contributed by atoms with van der Waals surface area (Å²) >= 11 is 4.79. The van der Waals surface area contributed by atoms with Gasteiger partial charge in [-0.2, -0.15) is 0 Å². The number of carbonyl (C=O) groups excluding carboxylic acids is 1. The molecule has 0 saturated heterocycles. The Bertz CT molecular complexity index is 984. The van der Waals surface area contributed by atoms with Gasteiger partial charge in [0.15, 0.2) is 22.3 Å². The number of aliphatic imine (C=N–C) groups is 1. The maximum Gasteiger partial charge on any atom is 0.261 e. The number of amides is 1. The van der Waals surface area contributed by atoms with Crippen LogP contribution in [-0.4, -0.2) is 29.3 Å². The largest absolute Gasteiger partial charge is 0.485 e. The summed E-state index contributed by atoms with van der Waals surface area (Å²) in [6, 6.07) is 9.25. The van der Waals surface area contributed by atoms with Crippen LogP contribution in [-0.2, 0) is 10.3 Å². The lowest BCUT2D eigenvalue weighted by atomic mass is 9.80. The summed E-state index contributed by atoms with van der Waals surface area (Å²) in [5.41, 5.74) is -0.537. The highest BCUT2D eigenvalue weighted by Crippen LogP contribution is 2.51. The molecule has 2 atom stereocenters. The zero-order valence-electron chi connectivity index (χ0n) is 14.5. The van der Waals surface area contributed by atoms with E-state index in [9.17, 15) is 13.6 Å². The number of fused-ring (bicyclic) bond motifs is 2. The number of hydrogen-bond acceptors (Lipinski definition) is 4. The van der Waals surface area contributed by atoms with Crippen LogP contribution in [0.3, 0.4) is 0 Å². The first-order valence-corrected chi connectivity index (χ1v) is 10.2. The van der Waals surface area contributed by atoms with E-state index in [0.717, 1.165) is 10.5 Å². The van der Waals surface area contributed by atoms with Crippen LogP contribution in [0.2, 0.25) is 0 Å². The average molecular weight is 453 g/mol. The first kappa shape index (κ1) is 18.4. The van der Waals surface area contributed by atoms with E-state index >= 15 is 0 Å². The van der Waals surface area contributed by atoms with Crippen molar-refractivity contribution < 1.29 is 18.3 Å². The Balaban J connectivity index is 1.91. The van der Waals surface area contributed by atoms with E-state index in [0.29, 0.717) is 16.5 Å². The number of ether oxygens (including phenoxy) is 1. The van der Waals surface area contributed by atoms with Gasteiger partial charge >= 0.3 is 0 Å². The van der Waals surface area contributed by atoms with E-state index in [-0.39, 0.29) is 17.9 Å². The van der Waals surface area contributed by atoms with E-state index in [1.165, 1.54) is 28.8 Å². The molecular formula is C19H15BrF2N2O2S. The first-order valence-electron chi connectivity index (χ1n) is 8.20. The molecule has 2 aromatic rings. The number of nitrogens with zero attached hydrogens (tertiary/aromatic N) is 2. The van der Waals surface area contributed by atoms with Crippen LogP contribution in [0.5, 0.6) is 5.75 Å². The molecule has 0 fully saturated rings. The van der Waals surface area contributed by atoms with Crippen LogP contribution in [0.25, 0.3) is 0 Å². The average Bonchev–Trinajstić information content (AvgIpc) is 2.90. The highest BCUT2D eigenvalue weighted by atomic mass is 79.9. The van der Waals surface area contributed by atoms with Crippen LogP contribution in [0.4, 0.5) is 8.78 Å². The molecule has 4 nitrogen and oxygen atoms in total. The molecule has 1 amide bonds. The van der Waals surface area contributed by atoms with Gasteiger partial charge in [0.2, 0.25) is 0 Å². The summed E-state index contributed by atoms with van der Waals surface area (Å²) in [5, 5.41) is 0.575. The van der Waals surface area contributed by atoms with Crippen molar-refractivity contribution in [3.8, 4) is 5.75 Å². The Kier molecular flexibility index (Phi) is 4.50. The summed E-state index contributed by atoms with van der Waals surface area (Å²) in [7, 11) is 1.66. The van der Waals surface area contributed by atoms with Crippen LogP contribution in [0.15, 0.2) is 45.9 Å². The van der Waals surface area contributed by atoms with Gasteiger partial charge in [0, 0.05) is 29.1 Å². The second kappa shape index (κ2) is 6.60. The Morgan fingerprint density at radius 2 is 2.11 bits per heavy atom.